The van der Waals surface area contributed by atoms with Crippen LogP contribution in [0.4, 0.5) is 0 Å². The summed E-state index contributed by atoms with van der Waals surface area (Å²) in [5.41, 5.74) is 4.67. The molecule has 1 aromatic heterocycles. The Kier molecular flexibility index (Phi) is 3.84. The van der Waals surface area contributed by atoms with Crippen molar-refractivity contribution in [3.8, 4) is 16.9 Å². The lowest BCUT2D eigenvalue weighted by Gasteiger charge is -2.14. The van der Waals surface area contributed by atoms with Crippen molar-refractivity contribution < 1.29 is 4.74 Å². The molecule has 0 N–H and O–H groups in total. The smallest absolute Gasteiger partial charge is 0.119 e. The minimum atomic E-state index is 0.859. The van der Waals surface area contributed by atoms with E-state index in [9.17, 15) is 0 Å². The fourth-order valence-electron chi connectivity index (χ4n) is 2.62. The normalized spacial score (nSPS) is 10.8. The van der Waals surface area contributed by atoms with Gasteiger partial charge in [-0.25, -0.2) is 4.98 Å². The Bertz CT molecular complexity index is 784. The Morgan fingerprint density at radius 1 is 1.05 bits per heavy atom. The number of aromatic nitrogens is 1. The van der Waals surface area contributed by atoms with Crippen LogP contribution < -0.4 is 4.74 Å². The SMILES string of the molecule is COc1ccc2nc(SC)c(C)c(-c3ccccc3)c2c1. The van der Waals surface area contributed by atoms with Gasteiger partial charge in [-0.2, -0.15) is 0 Å². The lowest BCUT2D eigenvalue weighted by molar-refractivity contribution is 0.415. The van der Waals surface area contributed by atoms with Gasteiger partial charge in [0.25, 0.3) is 0 Å². The maximum absolute atomic E-state index is 5.38. The summed E-state index contributed by atoms with van der Waals surface area (Å²) >= 11 is 1.69. The highest BCUT2D eigenvalue weighted by molar-refractivity contribution is 7.98. The van der Waals surface area contributed by atoms with Crippen molar-refractivity contribution in [2.75, 3.05) is 13.4 Å². The first-order valence-electron chi connectivity index (χ1n) is 6.82. The maximum Gasteiger partial charge on any atom is 0.119 e. The van der Waals surface area contributed by atoms with E-state index in [1.165, 1.54) is 16.7 Å². The maximum atomic E-state index is 5.38. The molecular formula is C18H17NOS. The van der Waals surface area contributed by atoms with Crippen LogP contribution in [0.3, 0.4) is 0 Å². The number of methoxy groups -OCH3 is 1. The van der Waals surface area contributed by atoms with Gasteiger partial charge in [-0.1, -0.05) is 30.3 Å². The molecule has 0 bridgehead atoms. The molecule has 0 saturated heterocycles. The molecule has 0 aliphatic carbocycles. The number of fused-ring (bicyclic) bond motifs is 1. The molecule has 2 nitrogen and oxygen atoms in total. The fraction of sp³-hybridized carbons (Fsp3) is 0.167. The van der Waals surface area contributed by atoms with Gasteiger partial charge in [0.1, 0.15) is 5.75 Å². The van der Waals surface area contributed by atoms with Crippen molar-refractivity contribution in [2.24, 2.45) is 0 Å². The van der Waals surface area contributed by atoms with Crippen molar-refractivity contribution in [2.45, 2.75) is 11.9 Å². The Balaban J connectivity index is 2.40. The number of hydrogen-bond donors (Lipinski definition) is 0. The Morgan fingerprint density at radius 3 is 2.48 bits per heavy atom. The summed E-state index contributed by atoms with van der Waals surface area (Å²) in [6.07, 6.45) is 2.07. The average molecular weight is 295 g/mol. The third-order valence-electron chi connectivity index (χ3n) is 3.65. The minimum absolute atomic E-state index is 0.859. The van der Waals surface area contributed by atoms with Crippen molar-refractivity contribution in [3.63, 3.8) is 0 Å². The summed E-state index contributed by atoms with van der Waals surface area (Å²) in [4.78, 5) is 4.76. The summed E-state index contributed by atoms with van der Waals surface area (Å²) in [6, 6.07) is 16.5. The third kappa shape index (κ3) is 2.49. The average Bonchev–Trinajstić information content (AvgIpc) is 2.54. The molecule has 0 atom stereocenters. The van der Waals surface area contributed by atoms with Crippen LogP contribution in [0.1, 0.15) is 5.56 Å². The molecule has 0 radical (unpaired) electrons. The second-order valence-electron chi connectivity index (χ2n) is 4.87. The van der Waals surface area contributed by atoms with Crippen LogP contribution in [0.5, 0.6) is 5.75 Å². The number of hydrogen-bond acceptors (Lipinski definition) is 3. The van der Waals surface area contributed by atoms with Crippen LogP contribution >= 0.6 is 11.8 Å². The summed E-state index contributed by atoms with van der Waals surface area (Å²) in [7, 11) is 1.69. The topological polar surface area (TPSA) is 22.1 Å². The number of thioether (sulfide) groups is 1. The second-order valence-corrected chi connectivity index (χ2v) is 5.67. The lowest BCUT2D eigenvalue weighted by atomic mass is 9.97. The zero-order valence-corrected chi connectivity index (χ0v) is 13.2. The molecule has 0 aliphatic heterocycles. The number of ether oxygens (including phenoxy) is 1. The molecule has 0 spiro atoms. The lowest BCUT2D eigenvalue weighted by Crippen LogP contribution is -1.94. The van der Waals surface area contributed by atoms with E-state index in [4.69, 9.17) is 9.72 Å². The highest BCUT2D eigenvalue weighted by Gasteiger charge is 2.13. The Morgan fingerprint density at radius 2 is 1.81 bits per heavy atom. The van der Waals surface area contributed by atoms with Crippen molar-refractivity contribution in [3.05, 3.63) is 54.1 Å². The van der Waals surface area contributed by atoms with Crippen LogP contribution in [0, 0.1) is 6.92 Å². The molecule has 3 heteroatoms. The molecule has 0 unspecified atom stereocenters. The van der Waals surface area contributed by atoms with Gasteiger partial charge in [0.15, 0.2) is 0 Å². The monoisotopic (exact) mass is 295 g/mol. The van der Waals surface area contributed by atoms with Crippen LogP contribution in [-0.2, 0) is 0 Å². The molecule has 3 rings (SSSR count). The van der Waals surface area contributed by atoms with Crippen molar-refractivity contribution in [1.82, 2.24) is 4.98 Å². The van der Waals surface area contributed by atoms with Crippen molar-refractivity contribution in [1.29, 1.82) is 0 Å². The van der Waals surface area contributed by atoms with Gasteiger partial charge in [-0.05, 0) is 48.1 Å². The highest BCUT2D eigenvalue weighted by atomic mass is 32.2. The van der Waals surface area contributed by atoms with Crippen LogP contribution in [0.2, 0.25) is 0 Å². The van der Waals surface area contributed by atoms with Crippen LogP contribution in [0.25, 0.3) is 22.0 Å². The van der Waals surface area contributed by atoms with E-state index in [0.717, 1.165) is 21.7 Å². The standard InChI is InChI=1S/C18H17NOS/c1-12-17(13-7-5-4-6-8-13)15-11-14(20-2)9-10-16(15)19-18(12)21-3/h4-11H,1-3H3. The Hall–Kier alpha value is -2.00. The summed E-state index contributed by atoms with van der Waals surface area (Å²) in [5, 5.41) is 2.21. The molecular weight excluding hydrogens is 278 g/mol. The first-order chi connectivity index (χ1) is 10.2. The van der Waals surface area contributed by atoms with Gasteiger partial charge in [-0.15, -0.1) is 11.8 Å². The van der Waals surface area contributed by atoms with E-state index in [-0.39, 0.29) is 0 Å². The molecule has 0 saturated carbocycles. The third-order valence-corrected chi connectivity index (χ3v) is 4.43. The molecule has 0 aliphatic rings. The quantitative estimate of drug-likeness (QED) is 0.639. The second kappa shape index (κ2) is 5.78. The molecule has 106 valence electrons. The summed E-state index contributed by atoms with van der Waals surface area (Å²) in [5.74, 6) is 0.859. The molecule has 0 fully saturated rings. The fourth-order valence-corrected chi connectivity index (χ4v) is 3.22. The van der Waals surface area contributed by atoms with Gasteiger partial charge >= 0.3 is 0 Å². The zero-order chi connectivity index (χ0) is 14.8. The van der Waals surface area contributed by atoms with Crippen LogP contribution in [0.15, 0.2) is 53.6 Å². The summed E-state index contributed by atoms with van der Waals surface area (Å²) in [6.45, 7) is 2.14. The molecule has 3 aromatic rings. The molecule has 0 amide bonds. The highest BCUT2D eigenvalue weighted by Crippen LogP contribution is 2.36. The van der Waals surface area contributed by atoms with Gasteiger partial charge in [0, 0.05) is 5.39 Å². The first kappa shape index (κ1) is 14.0. The van der Waals surface area contributed by atoms with Crippen molar-refractivity contribution >= 4 is 22.7 Å². The van der Waals surface area contributed by atoms with Gasteiger partial charge in [0.2, 0.25) is 0 Å². The Labute approximate surface area is 129 Å². The molecule has 2 aromatic carbocycles. The predicted octanol–water partition coefficient (Wildman–Crippen LogP) is 4.94. The van der Waals surface area contributed by atoms with Gasteiger partial charge in [0.05, 0.1) is 17.7 Å². The van der Waals surface area contributed by atoms with E-state index in [0.29, 0.717) is 0 Å². The zero-order valence-electron chi connectivity index (χ0n) is 12.4. The number of nitrogens with zero attached hydrogens (tertiary/aromatic N) is 1. The number of pyridine rings is 1. The van der Waals surface area contributed by atoms with Gasteiger partial charge < -0.3 is 4.74 Å². The van der Waals surface area contributed by atoms with Crippen LogP contribution in [-0.4, -0.2) is 18.3 Å². The van der Waals surface area contributed by atoms with E-state index in [1.54, 1.807) is 18.9 Å². The van der Waals surface area contributed by atoms with E-state index in [1.807, 2.05) is 18.2 Å². The molecule has 21 heavy (non-hydrogen) atoms. The predicted molar refractivity (Wildman–Crippen MR) is 90.2 cm³/mol. The number of benzene rings is 2. The number of rotatable bonds is 3. The van der Waals surface area contributed by atoms with Gasteiger partial charge in [-0.3, -0.25) is 0 Å². The van der Waals surface area contributed by atoms with E-state index < -0.39 is 0 Å². The molecule has 1 heterocycles. The summed E-state index contributed by atoms with van der Waals surface area (Å²) < 4.78 is 5.38. The first-order valence-corrected chi connectivity index (χ1v) is 8.05. The van der Waals surface area contributed by atoms with E-state index >= 15 is 0 Å². The largest absolute Gasteiger partial charge is 0.497 e. The van der Waals surface area contributed by atoms with E-state index in [2.05, 4.69) is 43.5 Å². The minimum Gasteiger partial charge on any atom is -0.497 e.